The molecule has 0 aliphatic carbocycles. The average molecular weight is 498 g/mol. The number of aromatic nitrogens is 1. The molecule has 0 unspecified atom stereocenters. The maximum Gasteiger partial charge on any atom is 0.325 e. The smallest absolute Gasteiger partial charge is 0.325 e. The molecule has 1 saturated heterocycles. The normalized spacial score (nSPS) is 13.5. The van der Waals surface area contributed by atoms with Gasteiger partial charge in [-0.2, -0.15) is 0 Å². The van der Waals surface area contributed by atoms with Crippen LogP contribution in [0.4, 0.5) is 21.3 Å². The van der Waals surface area contributed by atoms with Crippen LogP contribution in [0, 0.1) is 6.92 Å². The Kier molecular flexibility index (Phi) is 7.14. The van der Waals surface area contributed by atoms with Gasteiger partial charge in [-0.05, 0) is 62.4 Å². The molecule has 10 heteroatoms. The minimum atomic E-state index is -0.445. The number of anilines is 3. The first kappa shape index (κ1) is 23.7. The van der Waals surface area contributed by atoms with Crippen LogP contribution in [-0.2, 0) is 0 Å². The Morgan fingerprint density at radius 2 is 1.59 bits per heavy atom. The summed E-state index contributed by atoms with van der Waals surface area (Å²) in [6.07, 6.45) is 0. The third-order valence-corrected chi connectivity index (χ3v) is 6.83. The first-order valence-corrected chi connectivity index (χ1v) is 12.0. The molecule has 0 atom stereocenters. The van der Waals surface area contributed by atoms with Crippen molar-refractivity contribution in [3.63, 3.8) is 0 Å². The number of carbonyl (C=O) groups excluding carboxylic acids is 3. The van der Waals surface area contributed by atoms with E-state index >= 15 is 0 Å². The van der Waals surface area contributed by atoms with Gasteiger partial charge in [0.25, 0.3) is 5.91 Å². The number of carbonyl (C=O) groups is 3. The van der Waals surface area contributed by atoms with Crippen molar-refractivity contribution in [2.24, 2.45) is 0 Å². The van der Waals surface area contributed by atoms with Crippen LogP contribution >= 0.6 is 22.9 Å². The quantitative estimate of drug-likeness (QED) is 0.488. The van der Waals surface area contributed by atoms with Gasteiger partial charge in [0, 0.05) is 48.1 Å². The molecule has 4 rings (SSSR count). The maximum absolute atomic E-state index is 13.1. The molecule has 3 aromatic rings. The van der Waals surface area contributed by atoms with Crippen LogP contribution in [0.3, 0.4) is 0 Å². The summed E-state index contributed by atoms with van der Waals surface area (Å²) in [5.74, 6) is -0.0500. The van der Waals surface area contributed by atoms with Crippen LogP contribution in [0.15, 0.2) is 48.5 Å². The second kappa shape index (κ2) is 10.2. The summed E-state index contributed by atoms with van der Waals surface area (Å²) in [7, 11) is 0. The van der Waals surface area contributed by atoms with E-state index in [1.165, 1.54) is 0 Å². The minimum Gasteiger partial charge on any atom is -0.368 e. The monoisotopic (exact) mass is 497 g/mol. The number of thiazole rings is 1. The maximum atomic E-state index is 13.1. The highest BCUT2D eigenvalue weighted by Crippen LogP contribution is 2.26. The van der Waals surface area contributed by atoms with Crippen LogP contribution < -0.4 is 15.5 Å². The molecule has 0 saturated carbocycles. The Balaban J connectivity index is 1.34. The molecule has 2 aromatic carbocycles. The van der Waals surface area contributed by atoms with Crippen LogP contribution in [0.5, 0.6) is 0 Å². The van der Waals surface area contributed by atoms with Gasteiger partial charge in [0.15, 0.2) is 10.9 Å². The van der Waals surface area contributed by atoms with Gasteiger partial charge in [0.1, 0.15) is 4.88 Å². The van der Waals surface area contributed by atoms with Gasteiger partial charge in [-0.25, -0.2) is 9.78 Å². The van der Waals surface area contributed by atoms with E-state index in [1.807, 2.05) is 24.3 Å². The number of hydrogen-bond acceptors (Lipinski definition) is 6. The second-order valence-corrected chi connectivity index (χ2v) is 9.34. The summed E-state index contributed by atoms with van der Waals surface area (Å²) >= 11 is 7.02. The number of nitrogens with zero attached hydrogens (tertiary/aromatic N) is 3. The predicted molar refractivity (Wildman–Crippen MR) is 136 cm³/mol. The number of aryl methyl sites for hydroxylation is 1. The lowest BCUT2D eigenvalue weighted by molar-refractivity contribution is 0.0750. The van der Waals surface area contributed by atoms with Crippen molar-refractivity contribution in [2.45, 2.75) is 13.8 Å². The van der Waals surface area contributed by atoms with Crippen LogP contribution in [0.2, 0.25) is 5.02 Å². The molecule has 34 heavy (non-hydrogen) atoms. The lowest BCUT2D eigenvalue weighted by Gasteiger charge is -2.36. The van der Waals surface area contributed by atoms with E-state index in [4.69, 9.17) is 11.6 Å². The van der Waals surface area contributed by atoms with Gasteiger partial charge in [0.05, 0.1) is 5.69 Å². The highest BCUT2D eigenvalue weighted by Gasteiger charge is 2.26. The molecule has 1 aromatic heterocycles. The average Bonchev–Trinajstić information content (AvgIpc) is 3.19. The first-order chi connectivity index (χ1) is 16.3. The number of amides is 3. The standard InChI is InChI=1S/C24H24ClN5O3S/c1-15-21(34-24(26-15)28-23(33)27-19-7-5-18(25)6-8-19)22(32)30-13-11-29(12-14-30)20-9-3-17(4-10-20)16(2)31/h3-10H,11-14H2,1-2H3,(H2,26,27,28,33). The number of nitrogens with one attached hydrogen (secondary N) is 2. The van der Waals surface area contributed by atoms with Gasteiger partial charge >= 0.3 is 6.03 Å². The van der Waals surface area contributed by atoms with Crippen molar-refractivity contribution < 1.29 is 14.4 Å². The number of rotatable bonds is 5. The molecule has 1 aliphatic rings. The van der Waals surface area contributed by atoms with Crippen LogP contribution in [0.1, 0.15) is 32.6 Å². The summed E-state index contributed by atoms with van der Waals surface area (Å²) in [6, 6.07) is 13.8. The van der Waals surface area contributed by atoms with Crippen molar-refractivity contribution in [2.75, 3.05) is 41.7 Å². The SMILES string of the molecule is CC(=O)c1ccc(N2CCN(C(=O)c3sc(NC(=O)Nc4ccc(Cl)cc4)nc3C)CC2)cc1. The number of urea groups is 1. The molecule has 176 valence electrons. The summed E-state index contributed by atoms with van der Waals surface area (Å²) in [6.45, 7) is 5.84. The molecule has 0 radical (unpaired) electrons. The van der Waals surface area contributed by atoms with Crippen LogP contribution in [-0.4, -0.2) is 53.8 Å². The molecular weight excluding hydrogens is 474 g/mol. The van der Waals surface area contributed by atoms with Crippen molar-refractivity contribution >= 4 is 57.2 Å². The Hall–Kier alpha value is -3.43. The molecule has 0 bridgehead atoms. The van der Waals surface area contributed by atoms with Gasteiger partial charge in [-0.15, -0.1) is 0 Å². The number of hydrogen-bond donors (Lipinski definition) is 2. The fraction of sp³-hybridized carbons (Fsp3) is 0.250. The summed E-state index contributed by atoms with van der Waals surface area (Å²) < 4.78 is 0. The highest BCUT2D eigenvalue weighted by atomic mass is 35.5. The molecule has 2 heterocycles. The fourth-order valence-corrected chi connectivity index (χ4v) is 4.71. The third kappa shape index (κ3) is 5.55. The molecule has 1 aliphatic heterocycles. The summed E-state index contributed by atoms with van der Waals surface area (Å²) in [5, 5.41) is 6.33. The number of benzene rings is 2. The van der Waals surface area contributed by atoms with Crippen molar-refractivity contribution in [1.29, 1.82) is 0 Å². The molecule has 8 nitrogen and oxygen atoms in total. The molecule has 3 amide bonds. The second-order valence-electron chi connectivity index (χ2n) is 7.90. The number of halogens is 1. The minimum absolute atomic E-state index is 0.0400. The van der Waals surface area contributed by atoms with Crippen LogP contribution in [0.25, 0.3) is 0 Å². The van der Waals surface area contributed by atoms with E-state index in [-0.39, 0.29) is 11.7 Å². The Morgan fingerprint density at radius 1 is 0.941 bits per heavy atom. The Morgan fingerprint density at radius 3 is 2.21 bits per heavy atom. The zero-order valence-electron chi connectivity index (χ0n) is 18.8. The first-order valence-electron chi connectivity index (χ1n) is 10.8. The molecule has 2 N–H and O–H groups in total. The van der Waals surface area contributed by atoms with E-state index in [1.54, 1.807) is 43.0 Å². The van der Waals surface area contributed by atoms with Gasteiger partial charge in [-0.3, -0.25) is 14.9 Å². The molecular formula is C24H24ClN5O3S. The van der Waals surface area contributed by atoms with Gasteiger partial charge in [0.2, 0.25) is 0 Å². The van der Waals surface area contributed by atoms with Crippen molar-refractivity contribution in [1.82, 2.24) is 9.88 Å². The fourth-order valence-electron chi connectivity index (χ4n) is 3.66. The zero-order chi connectivity index (χ0) is 24.2. The van der Waals surface area contributed by atoms with Gasteiger partial charge in [-0.1, -0.05) is 22.9 Å². The van der Waals surface area contributed by atoms with Crippen molar-refractivity contribution in [3.8, 4) is 0 Å². The lowest BCUT2D eigenvalue weighted by atomic mass is 10.1. The van der Waals surface area contributed by atoms with E-state index in [0.717, 1.165) is 17.0 Å². The predicted octanol–water partition coefficient (Wildman–Crippen LogP) is 4.91. The highest BCUT2D eigenvalue weighted by molar-refractivity contribution is 7.17. The largest absolute Gasteiger partial charge is 0.368 e. The van der Waals surface area contributed by atoms with E-state index in [0.29, 0.717) is 58.2 Å². The molecule has 0 spiro atoms. The Labute approximate surface area is 206 Å². The lowest BCUT2D eigenvalue weighted by Crippen LogP contribution is -2.48. The topological polar surface area (TPSA) is 94.6 Å². The zero-order valence-corrected chi connectivity index (χ0v) is 20.4. The third-order valence-electron chi connectivity index (χ3n) is 5.52. The Bertz CT molecular complexity index is 1200. The summed E-state index contributed by atoms with van der Waals surface area (Å²) in [5.41, 5.74) is 2.90. The van der Waals surface area contributed by atoms with E-state index in [9.17, 15) is 14.4 Å². The van der Waals surface area contributed by atoms with Gasteiger partial charge < -0.3 is 15.1 Å². The van der Waals surface area contributed by atoms with Crippen molar-refractivity contribution in [3.05, 3.63) is 69.7 Å². The number of Topliss-reactive ketones (excluding diaryl/α,β-unsaturated/α-hetero) is 1. The van der Waals surface area contributed by atoms with E-state index in [2.05, 4.69) is 20.5 Å². The number of piperazine rings is 1. The van der Waals surface area contributed by atoms with E-state index < -0.39 is 6.03 Å². The summed E-state index contributed by atoms with van der Waals surface area (Å²) in [4.78, 5) is 45.7. The number of ketones is 1. The molecule has 1 fully saturated rings.